The molecule has 1 atom stereocenters. The molecule has 1 aromatic carbocycles. The van der Waals surface area contributed by atoms with Crippen LogP contribution in [-0.4, -0.2) is 28.9 Å². The van der Waals surface area contributed by atoms with Gasteiger partial charge >= 0.3 is 0 Å². The molecule has 18 heavy (non-hydrogen) atoms. The molecule has 0 fully saturated rings. The molecule has 1 aliphatic carbocycles. The Kier molecular flexibility index (Phi) is 3.66. The molecule has 1 amide bonds. The molecule has 0 saturated carbocycles. The highest BCUT2D eigenvalue weighted by molar-refractivity contribution is 7.80. The van der Waals surface area contributed by atoms with Crippen LogP contribution in [-0.2, 0) is 12.8 Å². The summed E-state index contributed by atoms with van der Waals surface area (Å²) in [4.78, 5) is 14.2. The number of aryl methyl sites for hydroxylation is 2. The van der Waals surface area contributed by atoms with Crippen LogP contribution >= 0.6 is 12.2 Å². The first-order valence-electron chi connectivity index (χ1n) is 6.19. The van der Waals surface area contributed by atoms with E-state index in [9.17, 15) is 4.79 Å². The van der Waals surface area contributed by atoms with Crippen molar-refractivity contribution in [1.29, 1.82) is 0 Å². The van der Waals surface area contributed by atoms with Crippen LogP contribution < -0.4 is 5.73 Å². The predicted octanol–water partition coefficient (Wildman–Crippen LogP) is 1.92. The van der Waals surface area contributed by atoms with Gasteiger partial charge in [0.25, 0.3) is 5.91 Å². The smallest absolute Gasteiger partial charge is 0.254 e. The standard InChI is InChI=1S/C14H18N2OS/c1-9(13(15)18)16(2)14(17)12-7-6-10-4-3-5-11(10)8-12/h6-9H,3-5H2,1-2H3,(H2,15,18). The fourth-order valence-electron chi connectivity index (χ4n) is 2.28. The SMILES string of the molecule is CC(C(N)=S)N(C)C(=O)c1ccc2c(c1)CCC2. The lowest BCUT2D eigenvalue weighted by molar-refractivity contribution is 0.0779. The van der Waals surface area contributed by atoms with E-state index in [-0.39, 0.29) is 11.9 Å². The van der Waals surface area contributed by atoms with E-state index in [0.29, 0.717) is 4.99 Å². The monoisotopic (exact) mass is 262 g/mol. The van der Waals surface area contributed by atoms with E-state index in [2.05, 4.69) is 6.07 Å². The van der Waals surface area contributed by atoms with E-state index >= 15 is 0 Å². The van der Waals surface area contributed by atoms with E-state index in [1.165, 1.54) is 17.5 Å². The van der Waals surface area contributed by atoms with Gasteiger partial charge in [-0.15, -0.1) is 0 Å². The molecule has 2 rings (SSSR count). The Morgan fingerprint density at radius 2 is 2.06 bits per heavy atom. The van der Waals surface area contributed by atoms with Crippen LogP contribution in [0.4, 0.5) is 0 Å². The minimum Gasteiger partial charge on any atom is -0.392 e. The predicted molar refractivity (Wildman–Crippen MR) is 76.8 cm³/mol. The molecule has 0 saturated heterocycles. The van der Waals surface area contributed by atoms with Gasteiger partial charge in [-0.05, 0) is 49.4 Å². The number of nitrogens with zero attached hydrogens (tertiary/aromatic N) is 1. The first-order valence-corrected chi connectivity index (χ1v) is 6.60. The summed E-state index contributed by atoms with van der Waals surface area (Å²) < 4.78 is 0. The Bertz CT molecular complexity index is 499. The van der Waals surface area contributed by atoms with E-state index < -0.39 is 0 Å². The van der Waals surface area contributed by atoms with E-state index in [0.717, 1.165) is 18.4 Å². The molecule has 1 unspecified atom stereocenters. The molecule has 1 aliphatic rings. The number of carbonyl (C=O) groups excluding carboxylic acids is 1. The van der Waals surface area contributed by atoms with Crippen molar-refractivity contribution in [2.75, 3.05) is 7.05 Å². The van der Waals surface area contributed by atoms with Gasteiger partial charge in [-0.3, -0.25) is 4.79 Å². The summed E-state index contributed by atoms with van der Waals surface area (Å²) in [5, 5.41) is 0. The number of fused-ring (bicyclic) bond motifs is 1. The summed E-state index contributed by atoms with van der Waals surface area (Å²) in [6.45, 7) is 1.84. The first-order chi connectivity index (χ1) is 8.50. The zero-order valence-corrected chi connectivity index (χ0v) is 11.6. The van der Waals surface area contributed by atoms with E-state index in [4.69, 9.17) is 18.0 Å². The first kappa shape index (κ1) is 13.0. The second-order valence-electron chi connectivity index (χ2n) is 4.83. The minimum atomic E-state index is -0.222. The van der Waals surface area contributed by atoms with Gasteiger partial charge in [-0.1, -0.05) is 18.3 Å². The number of hydrogen-bond acceptors (Lipinski definition) is 2. The molecule has 2 N–H and O–H groups in total. The van der Waals surface area contributed by atoms with Gasteiger partial charge in [0.15, 0.2) is 0 Å². The molecule has 96 valence electrons. The van der Waals surface area contributed by atoms with E-state index in [1.54, 1.807) is 11.9 Å². The molecule has 0 spiro atoms. The number of likely N-dealkylation sites (N-methyl/N-ethyl adjacent to an activating group) is 1. The zero-order valence-electron chi connectivity index (χ0n) is 10.8. The Labute approximate surface area is 113 Å². The van der Waals surface area contributed by atoms with E-state index in [1.807, 2.05) is 19.1 Å². The lowest BCUT2D eigenvalue weighted by atomic mass is 10.1. The molecular formula is C14H18N2OS. The van der Waals surface area contributed by atoms with Gasteiger partial charge in [0.1, 0.15) is 0 Å². The number of carbonyl (C=O) groups is 1. The molecule has 0 heterocycles. The van der Waals surface area contributed by atoms with Crippen molar-refractivity contribution in [3.8, 4) is 0 Å². The third-order valence-electron chi connectivity index (χ3n) is 3.66. The van der Waals surface area contributed by atoms with Crippen LogP contribution in [0.25, 0.3) is 0 Å². The normalized spacial score (nSPS) is 15.0. The minimum absolute atomic E-state index is 0.0231. The van der Waals surface area contributed by atoms with Crippen molar-refractivity contribution in [3.63, 3.8) is 0 Å². The number of benzene rings is 1. The van der Waals surface area contributed by atoms with Gasteiger partial charge < -0.3 is 10.6 Å². The maximum atomic E-state index is 12.3. The van der Waals surface area contributed by atoms with Gasteiger partial charge in [0.05, 0.1) is 11.0 Å². The van der Waals surface area contributed by atoms with Gasteiger partial charge in [0, 0.05) is 12.6 Å². The van der Waals surface area contributed by atoms with Crippen LogP contribution in [0.1, 0.15) is 34.8 Å². The zero-order chi connectivity index (χ0) is 13.3. The fraction of sp³-hybridized carbons (Fsp3) is 0.429. The molecule has 4 heteroatoms. The average Bonchev–Trinajstić information content (AvgIpc) is 2.82. The highest BCUT2D eigenvalue weighted by Crippen LogP contribution is 2.23. The third-order valence-corrected chi connectivity index (χ3v) is 4.00. The Balaban J connectivity index is 2.21. The number of hydrogen-bond donors (Lipinski definition) is 1. The molecule has 0 aliphatic heterocycles. The molecule has 3 nitrogen and oxygen atoms in total. The van der Waals surface area contributed by atoms with Crippen molar-refractivity contribution in [2.24, 2.45) is 5.73 Å². The Morgan fingerprint density at radius 3 is 2.72 bits per heavy atom. The lowest BCUT2D eigenvalue weighted by Gasteiger charge is -2.24. The van der Waals surface area contributed by atoms with Crippen molar-refractivity contribution in [1.82, 2.24) is 4.90 Å². The average molecular weight is 262 g/mol. The van der Waals surface area contributed by atoms with Crippen LogP contribution in [0.3, 0.4) is 0 Å². The van der Waals surface area contributed by atoms with Crippen molar-refractivity contribution in [2.45, 2.75) is 32.2 Å². The summed E-state index contributed by atoms with van der Waals surface area (Å²) in [6.07, 6.45) is 3.39. The molecule has 0 radical (unpaired) electrons. The van der Waals surface area contributed by atoms with Gasteiger partial charge in [-0.25, -0.2) is 0 Å². The summed E-state index contributed by atoms with van der Waals surface area (Å²) in [5.74, 6) is -0.0231. The number of rotatable bonds is 3. The van der Waals surface area contributed by atoms with Crippen molar-refractivity contribution >= 4 is 23.1 Å². The molecule has 1 aromatic rings. The Morgan fingerprint density at radius 1 is 1.39 bits per heavy atom. The van der Waals surface area contributed by atoms with Crippen LogP contribution in [0, 0.1) is 0 Å². The fourth-order valence-corrected chi connectivity index (χ4v) is 2.43. The second kappa shape index (κ2) is 5.06. The van der Waals surface area contributed by atoms with Crippen LogP contribution in [0.2, 0.25) is 0 Å². The summed E-state index contributed by atoms with van der Waals surface area (Å²) in [6, 6.07) is 5.75. The van der Waals surface area contributed by atoms with Crippen molar-refractivity contribution in [3.05, 3.63) is 34.9 Å². The summed E-state index contributed by atoms with van der Waals surface area (Å²) >= 11 is 4.93. The molecule has 0 aromatic heterocycles. The van der Waals surface area contributed by atoms with Gasteiger partial charge in [0.2, 0.25) is 0 Å². The maximum Gasteiger partial charge on any atom is 0.254 e. The highest BCUT2D eigenvalue weighted by atomic mass is 32.1. The van der Waals surface area contributed by atoms with Gasteiger partial charge in [-0.2, -0.15) is 0 Å². The lowest BCUT2D eigenvalue weighted by Crippen LogP contribution is -2.42. The highest BCUT2D eigenvalue weighted by Gasteiger charge is 2.21. The van der Waals surface area contributed by atoms with Crippen LogP contribution in [0.5, 0.6) is 0 Å². The maximum absolute atomic E-state index is 12.3. The number of thiocarbonyl (C=S) groups is 1. The second-order valence-corrected chi connectivity index (χ2v) is 5.30. The topological polar surface area (TPSA) is 46.3 Å². The molecular weight excluding hydrogens is 244 g/mol. The van der Waals surface area contributed by atoms with Crippen molar-refractivity contribution < 1.29 is 4.79 Å². The number of amides is 1. The Hall–Kier alpha value is -1.42. The third kappa shape index (κ3) is 2.38. The summed E-state index contributed by atoms with van der Waals surface area (Å²) in [7, 11) is 1.74. The molecule has 0 bridgehead atoms. The van der Waals surface area contributed by atoms with Crippen LogP contribution in [0.15, 0.2) is 18.2 Å². The quantitative estimate of drug-likeness (QED) is 0.847. The largest absolute Gasteiger partial charge is 0.392 e. The summed E-state index contributed by atoms with van der Waals surface area (Å²) in [5.41, 5.74) is 8.98. The number of nitrogens with two attached hydrogens (primary N) is 1.